The van der Waals surface area contributed by atoms with E-state index in [1.807, 2.05) is 35.3 Å². The summed E-state index contributed by atoms with van der Waals surface area (Å²) >= 11 is 0. The number of anilines is 1. The van der Waals surface area contributed by atoms with Crippen molar-refractivity contribution in [3.63, 3.8) is 0 Å². The van der Waals surface area contributed by atoms with Gasteiger partial charge in [-0.2, -0.15) is 5.11 Å². The van der Waals surface area contributed by atoms with Crippen LogP contribution in [0.2, 0.25) is 0 Å². The van der Waals surface area contributed by atoms with E-state index in [2.05, 4.69) is 10.3 Å². The van der Waals surface area contributed by atoms with Crippen LogP contribution in [0.1, 0.15) is 6.42 Å². The van der Waals surface area contributed by atoms with Crippen LogP contribution in [0.3, 0.4) is 0 Å². The average molecular weight is 273 g/mol. The molecule has 1 heterocycles. The molecule has 5 heteroatoms. The monoisotopic (exact) mass is 273 g/mol. The van der Waals surface area contributed by atoms with Crippen molar-refractivity contribution in [2.75, 3.05) is 18.2 Å². The van der Waals surface area contributed by atoms with Crippen molar-refractivity contribution >= 4 is 5.69 Å². The molecule has 0 unspecified atom stereocenters. The smallest absolute Gasteiger partial charge is 0.0988 e. The fourth-order valence-corrected chi connectivity index (χ4v) is 4.59. The predicted molar refractivity (Wildman–Crippen MR) is 74.1 cm³/mol. The Morgan fingerprint density at radius 1 is 1.05 bits per heavy atom. The zero-order valence-corrected chi connectivity index (χ0v) is 11.2. The third kappa shape index (κ3) is 1.50. The van der Waals surface area contributed by atoms with Gasteiger partial charge in [-0.15, -0.1) is 0 Å². The summed E-state index contributed by atoms with van der Waals surface area (Å²) in [5.74, 6) is 1.11. The van der Waals surface area contributed by atoms with Gasteiger partial charge in [-0.1, -0.05) is 23.4 Å². The third-order valence-electron chi connectivity index (χ3n) is 5.43. The lowest BCUT2D eigenvalue weighted by atomic mass is 9.75. The number of rotatable bonds is 3. The van der Waals surface area contributed by atoms with Gasteiger partial charge in [-0.3, -0.25) is 0 Å². The van der Waals surface area contributed by atoms with Crippen LogP contribution in [-0.2, 0) is 0 Å². The maximum atomic E-state index is 9.68. The molecule has 0 amide bonds. The molecule has 1 aliphatic heterocycles. The number of nitrogens with zero attached hydrogens (tertiary/aromatic N) is 3. The van der Waals surface area contributed by atoms with Crippen molar-refractivity contribution < 1.29 is 10.2 Å². The zero-order valence-electron chi connectivity index (χ0n) is 11.2. The molecule has 2 aliphatic carbocycles. The molecule has 0 saturated heterocycles. The van der Waals surface area contributed by atoms with Gasteiger partial charge in [0.15, 0.2) is 0 Å². The minimum atomic E-state index is 0.149. The van der Waals surface area contributed by atoms with Crippen molar-refractivity contribution in [2.45, 2.75) is 18.5 Å². The molecule has 1 aromatic carbocycles. The number of fused-ring (bicyclic) bond motifs is 5. The van der Waals surface area contributed by atoms with Crippen LogP contribution >= 0.6 is 0 Å². The van der Waals surface area contributed by atoms with Crippen LogP contribution < -0.4 is 5.01 Å². The Bertz CT molecular complexity index is 521. The highest BCUT2D eigenvalue weighted by atomic mass is 16.3. The SMILES string of the molecule is OC[C@@H]1[C@H](CO)[C@@H]2C[C@H]1[C@@H]1N=NN(c3ccccc3)[C@@H]21. The van der Waals surface area contributed by atoms with Gasteiger partial charge in [0.05, 0.1) is 17.8 Å². The summed E-state index contributed by atoms with van der Waals surface area (Å²) in [6.07, 6.45) is 1.05. The number of hydrogen-bond donors (Lipinski definition) is 2. The molecule has 1 aromatic rings. The van der Waals surface area contributed by atoms with Crippen LogP contribution in [0.15, 0.2) is 40.7 Å². The highest BCUT2D eigenvalue weighted by Crippen LogP contribution is 2.57. The molecule has 2 fully saturated rings. The summed E-state index contributed by atoms with van der Waals surface area (Å²) in [4.78, 5) is 0. The molecule has 0 spiro atoms. The highest BCUT2D eigenvalue weighted by Gasteiger charge is 2.61. The van der Waals surface area contributed by atoms with E-state index in [0.29, 0.717) is 11.8 Å². The molecule has 20 heavy (non-hydrogen) atoms. The second kappa shape index (κ2) is 4.53. The molecule has 5 nitrogen and oxygen atoms in total. The molecule has 0 radical (unpaired) electrons. The lowest BCUT2D eigenvalue weighted by Gasteiger charge is -2.37. The second-order valence-corrected chi connectivity index (χ2v) is 6.12. The summed E-state index contributed by atoms with van der Waals surface area (Å²) < 4.78 is 0. The normalized spacial score (nSPS) is 41.4. The van der Waals surface area contributed by atoms with E-state index in [0.717, 1.165) is 12.1 Å². The highest BCUT2D eigenvalue weighted by molar-refractivity contribution is 5.48. The summed E-state index contributed by atoms with van der Waals surface area (Å²) in [6.45, 7) is 0.300. The molecular formula is C15H19N3O2. The first-order chi connectivity index (χ1) is 9.85. The van der Waals surface area contributed by atoms with Crippen molar-refractivity contribution in [1.82, 2.24) is 0 Å². The van der Waals surface area contributed by atoms with E-state index in [9.17, 15) is 10.2 Å². The fraction of sp³-hybridized carbons (Fsp3) is 0.600. The zero-order chi connectivity index (χ0) is 13.7. The minimum Gasteiger partial charge on any atom is -0.396 e. The third-order valence-corrected chi connectivity index (χ3v) is 5.43. The van der Waals surface area contributed by atoms with Gasteiger partial charge in [0, 0.05) is 13.2 Å². The van der Waals surface area contributed by atoms with Gasteiger partial charge in [-0.05, 0) is 42.2 Å². The minimum absolute atomic E-state index is 0.149. The maximum Gasteiger partial charge on any atom is 0.0988 e. The molecule has 3 aliphatic rings. The lowest BCUT2D eigenvalue weighted by Crippen LogP contribution is -2.48. The van der Waals surface area contributed by atoms with Gasteiger partial charge in [0.2, 0.25) is 0 Å². The van der Waals surface area contributed by atoms with Crippen LogP contribution in [0.25, 0.3) is 0 Å². The number of hydrogen-bond acceptors (Lipinski definition) is 5. The topological polar surface area (TPSA) is 68.4 Å². The summed E-state index contributed by atoms with van der Waals surface area (Å²) in [6, 6.07) is 10.5. The average Bonchev–Trinajstić information content (AvgIpc) is 3.17. The Morgan fingerprint density at radius 3 is 2.45 bits per heavy atom. The first-order valence-corrected chi connectivity index (χ1v) is 7.32. The van der Waals surface area contributed by atoms with E-state index in [1.54, 1.807) is 0 Å². The van der Waals surface area contributed by atoms with Crippen molar-refractivity contribution in [3.05, 3.63) is 30.3 Å². The molecule has 2 bridgehead atoms. The Kier molecular flexibility index (Phi) is 2.79. The number of benzene rings is 1. The van der Waals surface area contributed by atoms with Gasteiger partial charge in [0.25, 0.3) is 0 Å². The van der Waals surface area contributed by atoms with Crippen molar-refractivity contribution in [1.29, 1.82) is 0 Å². The number of aliphatic hydroxyl groups is 2. The van der Waals surface area contributed by atoms with E-state index < -0.39 is 0 Å². The largest absolute Gasteiger partial charge is 0.396 e. The molecule has 6 atom stereocenters. The van der Waals surface area contributed by atoms with Crippen LogP contribution in [0, 0.1) is 23.7 Å². The Balaban J connectivity index is 1.66. The fourth-order valence-electron chi connectivity index (χ4n) is 4.59. The Hall–Kier alpha value is -1.46. The predicted octanol–water partition coefficient (Wildman–Crippen LogP) is 1.48. The van der Waals surface area contributed by atoms with Crippen LogP contribution in [-0.4, -0.2) is 35.5 Å². The first kappa shape index (κ1) is 12.3. The quantitative estimate of drug-likeness (QED) is 0.876. The van der Waals surface area contributed by atoms with Gasteiger partial charge in [-0.25, -0.2) is 5.01 Å². The molecular weight excluding hydrogens is 254 g/mol. The van der Waals surface area contributed by atoms with Gasteiger partial charge < -0.3 is 10.2 Å². The maximum absolute atomic E-state index is 9.68. The van der Waals surface area contributed by atoms with Crippen molar-refractivity contribution in [2.24, 2.45) is 34.0 Å². The molecule has 2 saturated carbocycles. The Labute approximate surface area is 117 Å². The van der Waals surface area contributed by atoms with E-state index in [-0.39, 0.29) is 37.1 Å². The molecule has 106 valence electrons. The van der Waals surface area contributed by atoms with Crippen molar-refractivity contribution in [3.8, 4) is 0 Å². The van der Waals surface area contributed by atoms with Gasteiger partial charge in [0.1, 0.15) is 0 Å². The standard InChI is InChI=1S/C15H19N3O2/c19-7-12-10-6-11(13(12)8-20)15-14(10)16-17-18(15)9-4-2-1-3-5-9/h1-5,10-15,19-20H,6-8H2/t10-,11+,12+,13-,14+,15+/m1/s1. The Morgan fingerprint density at radius 2 is 1.75 bits per heavy atom. The molecule has 2 N–H and O–H groups in total. The number of para-hydroxylation sites is 1. The molecule has 4 rings (SSSR count). The number of aliphatic hydroxyl groups excluding tert-OH is 2. The summed E-state index contributed by atoms with van der Waals surface area (Å²) in [5.41, 5.74) is 1.06. The van der Waals surface area contributed by atoms with Crippen LogP contribution in [0.4, 0.5) is 5.69 Å². The second-order valence-electron chi connectivity index (χ2n) is 6.12. The van der Waals surface area contributed by atoms with E-state index >= 15 is 0 Å². The summed E-state index contributed by atoms with van der Waals surface area (Å²) in [7, 11) is 0. The first-order valence-electron chi connectivity index (χ1n) is 7.32. The van der Waals surface area contributed by atoms with E-state index in [4.69, 9.17) is 0 Å². The van der Waals surface area contributed by atoms with E-state index in [1.165, 1.54) is 0 Å². The molecule has 0 aromatic heterocycles. The van der Waals surface area contributed by atoms with Gasteiger partial charge >= 0.3 is 0 Å². The summed E-state index contributed by atoms with van der Waals surface area (Å²) in [5, 5.41) is 30.1. The van der Waals surface area contributed by atoms with Crippen LogP contribution in [0.5, 0.6) is 0 Å². The lowest BCUT2D eigenvalue weighted by molar-refractivity contribution is 0.0660.